The van der Waals surface area contributed by atoms with E-state index in [-0.39, 0.29) is 48.2 Å². The van der Waals surface area contributed by atoms with E-state index in [4.69, 9.17) is 9.47 Å². The van der Waals surface area contributed by atoms with Crippen LogP contribution in [0.15, 0.2) is 42.5 Å². The molecule has 2 aromatic carbocycles. The molecular weight excluding hydrogens is 477 g/mol. The molecule has 2 amide bonds. The molecule has 0 radical (unpaired) electrons. The Morgan fingerprint density at radius 3 is 2.59 bits per heavy atom. The van der Waals surface area contributed by atoms with Crippen LogP contribution < -0.4 is 14.5 Å². The summed E-state index contributed by atoms with van der Waals surface area (Å²) >= 11 is 0. The summed E-state index contributed by atoms with van der Waals surface area (Å²) < 4.78 is 25.9. The number of ether oxygens (including phenoxy) is 2. The van der Waals surface area contributed by atoms with Gasteiger partial charge in [-0.3, -0.25) is 9.69 Å². The summed E-state index contributed by atoms with van der Waals surface area (Å²) in [6.45, 7) is 1.94. The monoisotopic (exact) mass is 508 g/mol. The molecule has 0 bridgehead atoms. The molecule has 9 heteroatoms. The van der Waals surface area contributed by atoms with Crippen molar-refractivity contribution in [1.29, 1.82) is 0 Å². The minimum Gasteiger partial charge on any atom is -0.489 e. The third-order valence-corrected chi connectivity index (χ3v) is 7.91. The van der Waals surface area contributed by atoms with E-state index in [0.717, 1.165) is 50.1 Å². The molecule has 3 heterocycles. The first-order chi connectivity index (χ1) is 17.9. The lowest BCUT2D eigenvalue weighted by Gasteiger charge is -2.47. The highest BCUT2D eigenvalue weighted by atomic mass is 19.1. The van der Waals surface area contributed by atoms with Gasteiger partial charge in [0, 0.05) is 37.3 Å². The van der Waals surface area contributed by atoms with Gasteiger partial charge in [0.2, 0.25) is 0 Å². The van der Waals surface area contributed by atoms with E-state index in [1.165, 1.54) is 12.1 Å². The Bertz CT molecular complexity index is 1240. The number of hydrogen-bond donors (Lipinski definition) is 2. The zero-order chi connectivity index (χ0) is 25.5. The van der Waals surface area contributed by atoms with Crippen molar-refractivity contribution in [3.05, 3.63) is 59.4 Å². The van der Waals surface area contributed by atoms with Crippen LogP contribution in [0.25, 0.3) is 0 Å². The maximum atomic E-state index is 13.5. The number of amides is 2. The lowest BCUT2D eigenvalue weighted by molar-refractivity contribution is -0.394. The van der Waals surface area contributed by atoms with Crippen molar-refractivity contribution >= 4 is 17.7 Å². The molecular formula is C28H31FN3O5+. The number of fused-ring (bicyclic) bond motifs is 1. The molecule has 2 N–H and O–H groups in total. The van der Waals surface area contributed by atoms with E-state index in [1.807, 2.05) is 12.1 Å². The van der Waals surface area contributed by atoms with Crippen molar-refractivity contribution in [2.45, 2.75) is 69.4 Å². The van der Waals surface area contributed by atoms with Crippen molar-refractivity contribution in [2.24, 2.45) is 0 Å². The summed E-state index contributed by atoms with van der Waals surface area (Å²) in [6.07, 6.45) is 5.04. The van der Waals surface area contributed by atoms with E-state index in [2.05, 4.69) is 9.89 Å². The molecule has 3 atom stereocenters. The zero-order valence-electron chi connectivity index (χ0n) is 20.6. The van der Waals surface area contributed by atoms with Gasteiger partial charge in [0.25, 0.3) is 5.91 Å². The van der Waals surface area contributed by atoms with E-state index in [9.17, 15) is 19.1 Å². The first-order valence-corrected chi connectivity index (χ1v) is 13.1. The second kappa shape index (κ2) is 9.78. The molecule has 0 aromatic heterocycles. The number of carbonyl (C=O) groups is 2. The highest BCUT2D eigenvalue weighted by molar-refractivity contribution is 6.01. The summed E-state index contributed by atoms with van der Waals surface area (Å²) in [4.78, 5) is 31.0. The van der Waals surface area contributed by atoms with E-state index < -0.39 is 6.04 Å². The molecule has 37 heavy (non-hydrogen) atoms. The van der Waals surface area contributed by atoms with Crippen molar-refractivity contribution in [2.75, 3.05) is 13.1 Å². The van der Waals surface area contributed by atoms with Gasteiger partial charge in [-0.2, -0.15) is 0 Å². The van der Waals surface area contributed by atoms with Gasteiger partial charge in [-0.05, 0) is 61.6 Å². The highest BCUT2D eigenvalue weighted by Crippen LogP contribution is 2.34. The average molecular weight is 509 g/mol. The number of aliphatic hydroxyl groups is 1. The Hall–Kier alpha value is -3.46. The lowest BCUT2D eigenvalue weighted by Crippen LogP contribution is -2.82. The van der Waals surface area contributed by atoms with E-state index >= 15 is 0 Å². The normalized spacial score (nSPS) is 26.5. The maximum absolute atomic E-state index is 13.5. The minimum atomic E-state index is -0.515. The van der Waals surface area contributed by atoms with Gasteiger partial charge in [0.1, 0.15) is 29.5 Å². The number of likely N-dealkylation sites (tertiary alicyclic amines) is 1. The van der Waals surface area contributed by atoms with Crippen LogP contribution in [0, 0.1) is 5.82 Å². The van der Waals surface area contributed by atoms with E-state index in [0.29, 0.717) is 24.3 Å². The number of nitrogens with one attached hydrogen (secondary N) is 1. The van der Waals surface area contributed by atoms with Gasteiger partial charge in [0.15, 0.2) is 6.04 Å². The molecule has 6 rings (SSSR count). The second-order valence-corrected chi connectivity index (χ2v) is 10.4. The summed E-state index contributed by atoms with van der Waals surface area (Å²) in [7, 11) is 0. The van der Waals surface area contributed by atoms with Crippen LogP contribution in [0.3, 0.4) is 0 Å². The number of nitrogens with zero attached hydrogens (tertiary/aromatic N) is 2. The minimum absolute atomic E-state index is 0.0409. The van der Waals surface area contributed by atoms with Crippen molar-refractivity contribution < 1.29 is 33.6 Å². The first-order valence-electron chi connectivity index (χ1n) is 13.1. The van der Waals surface area contributed by atoms with Crippen LogP contribution in [0.1, 0.15) is 54.4 Å². The summed E-state index contributed by atoms with van der Waals surface area (Å²) in [6, 6.07) is 11.6. The van der Waals surface area contributed by atoms with E-state index in [1.54, 1.807) is 23.1 Å². The Kier molecular flexibility index (Phi) is 6.32. The molecule has 2 aromatic rings. The molecule has 1 saturated carbocycles. The predicted octanol–water partition coefficient (Wildman–Crippen LogP) is 1.96. The van der Waals surface area contributed by atoms with Gasteiger partial charge in [0.05, 0.1) is 6.42 Å². The standard InChI is InChI=1S/C28H30FN3O5/c29-18-4-3-5-19(13-18)36-21-15-31(16-21)23-6-1-2-7-25(23)37-20-8-9-22-17(12-20)14-32(28(22)35)24-10-11-26(33)30-27(24)34/h3-5,8-9,12-13,21,23-25H,1-2,6-7,10-11,14-16H2,(H,30,33,34)/p+1. The number of rotatable bonds is 6. The Morgan fingerprint density at radius 1 is 0.973 bits per heavy atom. The Morgan fingerprint density at radius 2 is 1.78 bits per heavy atom. The predicted molar refractivity (Wildman–Crippen MR) is 132 cm³/mol. The van der Waals surface area contributed by atoms with Gasteiger partial charge in [-0.15, -0.1) is 4.99 Å². The highest BCUT2D eigenvalue weighted by Gasteiger charge is 2.42. The number of carbonyl (C=O) groups excluding carboxylic acids is 2. The molecule has 194 valence electrons. The number of benzene rings is 2. The lowest BCUT2D eigenvalue weighted by atomic mass is 9.89. The maximum Gasteiger partial charge on any atom is 0.388 e. The molecule has 1 aliphatic carbocycles. The quantitative estimate of drug-likeness (QED) is 0.620. The summed E-state index contributed by atoms with van der Waals surface area (Å²) in [5, 5.41) is 10.2. The van der Waals surface area contributed by atoms with Gasteiger partial charge >= 0.3 is 11.8 Å². The third kappa shape index (κ3) is 4.80. The van der Waals surface area contributed by atoms with Crippen LogP contribution in [0.4, 0.5) is 4.39 Å². The fourth-order valence-electron chi connectivity index (χ4n) is 6.00. The van der Waals surface area contributed by atoms with Gasteiger partial charge in [-0.1, -0.05) is 12.5 Å². The number of aliphatic hydroxyl groups excluding tert-OH is 1. The van der Waals surface area contributed by atoms with Crippen LogP contribution in [0.5, 0.6) is 11.5 Å². The van der Waals surface area contributed by atoms with Crippen molar-refractivity contribution in [3.63, 3.8) is 0 Å². The van der Waals surface area contributed by atoms with Crippen LogP contribution >= 0.6 is 0 Å². The van der Waals surface area contributed by atoms with Gasteiger partial charge in [-0.25, -0.2) is 9.18 Å². The van der Waals surface area contributed by atoms with Crippen LogP contribution in [0.2, 0.25) is 0 Å². The topological polar surface area (TPSA) is 93.3 Å². The van der Waals surface area contributed by atoms with Gasteiger partial charge < -0.3 is 19.5 Å². The Balaban J connectivity index is 1.09. The third-order valence-electron chi connectivity index (χ3n) is 7.91. The molecule has 4 aliphatic rings. The average Bonchev–Trinajstić information content (AvgIpc) is 3.17. The van der Waals surface area contributed by atoms with Crippen molar-refractivity contribution in [1.82, 2.24) is 9.80 Å². The molecule has 3 aliphatic heterocycles. The fraction of sp³-hybridized carbons (Fsp3) is 0.464. The molecule has 0 spiro atoms. The largest absolute Gasteiger partial charge is 0.489 e. The fourth-order valence-corrected chi connectivity index (χ4v) is 6.00. The van der Waals surface area contributed by atoms with Crippen LogP contribution in [-0.2, 0) is 11.3 Å². The molecule has 3 unspecified atom stereocenters. The Labute approximate surface area is 214 Å². The summed E-state index contributed by atoms with van der Waals surface area (Å²) in [5.41, 5.74) is 1.48. The van der Waals surface area contributed by atoms with Crippen LogP contribution in [-0.4, -0.2) is 70.0 Å². The molecule has 2 fully saturated rings. The second-order valence-electron chi connectivity index (χ2n) is 10.4. The first kappa shape index (κ1) is 23.9. The zero-order valence-corrected chi connectivity index (χ0v) is 20.6. The van der Waals surface area contributed by atoms with Crippen molar-refractivity contribution in [3.8, 4) is 11.5 Å². The number of halogens is 1. The summed E-state index contributed by atoms with van der Waals surface area (Å²) in [5.74, 6) is 0.467. The number of hydrogen-bond acceptors (Lipinski definition) is 5. The smallest absolute Gasteiger partial charge is 0.388 e. The SMILES string of the molecule is O=C1CCC(N2Cc3cc(OC4CCCCC4N4CC(Oc5cccc(F)c5)C4)ccc3C2=O)C(O)=[NH+]1. The molecule has 8 nitrogen and oxygen atoms in total. The molecule has 1 saturated heterocycles.